The number of carbonyl (C=O) groups excluding carboxylic acids is 2. The predicted molar refractivity (Wildman–Crippen MR) is 91.0 cm³/mol. The van der Waals surface area contributed by atoms with E-state index in [2.05, 4.69) is 13.2 Å². The van der Waals surface area contributed by atoms with E-state index < -0.39 is 12.3 Å². The van der Waals surface area contributed by atoms with E-state index in [1.165, 1.54) is 7.11 Å². The van der Waals surface area contributed by atoms with Gasteiger partial charge in [-0.15, -0.1) is 0 Å². The number of hydrogen-bond acceptors (Lipinski definition) is 6. The number of carbonyl (C=O) groups is 2. The van der Waals surface area contributed by atoms with Crippen molar-refractivity contribution in [1.29, 1.82) is 0 Å². The van der Waals surface area contributed by atoms with Crippen LogP contribution in [0.3, 0.4) is 0 Å². The van der Waals surface area contributed by atoms with Crippen LogP contribution < -0.4 is 0 Å². The highest BCUT2D eigenvalue weighted by atomic mass is 16.7. The van der Waals surface area contributed by atoms with E-state index in [1.807, 2.05) is 13.0 Å². The first kappa shape index (κ1) is 21.9. The summed E-state index contributed by atoms with van der Waals surface area (Å²) in [5.74, 6) is -0.753. The van der Waals surface area contributed by atoms with E-state index in [1.54, 1.807) is 20.1 Å². The Hall–Kier alpha value is -2.08. The molecule has 136 valence electrons. The van der Waals surface area contributed by atoms with Gasteiger partial charge in [-0.3, -0.25) is 0 Å². The molecule has 1 aliphatic rings. The maximum atomic E-state index is 11.0. The monoisotopic (exact) mass is 340 g/mol. The predicted octanol–water partition coefficient (Wildman–Crippen LogP) is 3.29. The van der Waals surface area contributed by atoms with Crippen LogP contribution >= 0.6 is 0 Å². The lowest BCUT2D eigenvalue weighted by Crippen LogP contribution is -2.22. The van der Waals surface area contributed by atoms with E-state index in [0.717, 1.165) is 12.8 Å². The molecule has 6 heteroatoms. The molecule has 0 fully saturated rings. The standard InChI is InChI=1S/C10H14O3.C8H14O3/c1-8(2)10(11)13-7-9-5-3-4-6-12-9;1-5-7(10-4)11-8(9)6(2)3/h4,6,9H,1,3,5,7H2,2H3;7H,2,5H2,1,3-4H3. The minimum atomic E-state index is -0.445. The molecule has 1 aliphatic heterocycles. The summed E-state index contributed by atoms with van der Waals surface area (Å²) in [7, 11) is 1.50. The third-order valence-electron chi connectivity index (χ3n) is 2.95. The van der Waals surface area contributed by atoms with Crippen molar-refractivity contribution >= 4 is 11.9 Å². The fraction of sp³-hybridized carbons (Fsp3) is 0.556. The third kappa shape index (κ3) is 9.84. The third-order valence-corrected chi connectivity index (χ3v) is 2.95. The van der Waals surface area contributed by atoms with Crippen molar-refractivity contribution < 1.29 is 28.5 Å². The Morgan fingerprint density at radius 1 is 1.25 bits per heavy atom. The normalized spacial score (nSPS) is 16.8. The molecule has 0 aliphatic carbocycles. The summed E-state index contributed by atoms with van der Waals surface area (Å²) in [5.41, 5.74) is 0.812. The van der Waals surface area contributed by atoms with Crippen LogP contribution in [0.4, 0.5) is 0 Å². The molecule has 1 heterocycles. The quantitative estimate of drug-likeness (QED) is 0.402. The summed E-state index contributed by atoms with van der Waals surface area (Å²) in [6.07, 6.45) is 5.71. The number of rotatable bonds is 7. The van der Waals surface area contributed by atoms with Crippen molar-refractivity contribution in [2.24, 2.45) is 0 Å². The van der Waals surface area contributed by atoms with Gasteiger partial charge in [-0.05, 0) is 32.8 Å². The van der Waals surface area contributed by atoms with Gasteiger partial charge in [0.05, 0.1) is 6.26 Å². The zero-order valence-electron chi connectivity index (χ0n) is 15.0. The van der Waals surface area contributed by atoms with Gasteiger partial charge in [0, 0.05) is 24.7 Å². The molecule has 0 amide bonds. The van der Waals surface area contributed by atoms with Gasteiger partial charge in [0.15, 0.2) is 0 Å². The fourth-order valence-electron chi connectivity index (χ4n) is 1.52. The Morgan fingerprint density at radius 2 is 1.88 bits per heavy atom. The first-order chi connectivity index (χ1) is 11.3. The lowest BCUT2D eigenvalue weighted by molar-refractivity contribution is -0.168. The van der Waals surface area contributed by atoms with Crippen LogP contribution in [0.25, 0.3) is 0 Å². The Kier molecular flexibility index (Phi) is 11.3. The fourth-order valence-corrected chi connectivity index (χ4v) is 1.52. The molecule has 0 N–H and O–H groups in total. The Labute approximate surface area is 144 Å². The van der Waals surface area contributed by atoms with E-state index >= 15 is 0 Å². The van der Waals surface area contributed by atoms with Crippen LogP contribution in [-0.2, 0) is 28.5 Å². The van der Waals surface area contributed by atoms with Gasteiger partial charge in [0.1, 0.15) is 12.7 Å². The van der Waals surface area contributed by atoms with Gasteiger partial charge in [0.25, 0.3) is 0 Å². The molecule has 1 rings (SSSR count). The lowest BCUT2D eigenvalue weighted by atomic mass is 10.2. The van der Waals surface area contributed by atoms with Crippen molar-refractivity contribution in [2.75, 3.05) is 13.7 Å². The van der Waals surface area contributed by atoms with Crippen molar-refractivity contribution in [1.82, 2.24) is 0 Å². The van der Waals surface area contributed by atoms with Crippen LogP contribution in [0.5, 0.6) is 0 Å². The summed E-state index contributed by atoms with van der Waals surface area (Å²) in [5, 5.41) is 0. The highest BCUT2D eigenvalue weighted by Crippen LogP contribution is 2.10. The molecule has 0 saturated carbocycles. The van der Waals surface area contributed by atoms with Gasteiger partial charge in [-0.1, -0.05) is 20.1 Å². The molecule has 2 atom stereocenters. The zero-order valence-corrected chi connectivity index (χ0v) is 15.0. The lowest BCUT2D eigenvalue weighted by Gasteiger charge is -2.18. The van der Waals surface area contributed by atoms with Crippen molar-refractivity contribution in [3.63, 3.8) is 0 Å². The summed E-state index contributed by atoms with van der Waals surface area (Å²) in [6.45, 7) is 12.4. The Balaban J connectivity index is 0.000000449. The molecule has 2 unspecified atom stereocenters. The smallest absolute Gasteiger partial charge is 0.335 e. The van der Waals surface area contributed by atoms with Gasteiger partial charge in [-0.25, -0.2) is 9.59 Å². The highest BCUT2D eigenvalue weighted by Gasteiger charge is 2.13. The van der Waals surface area contributed by atoms with Crippen LogP contribution in [0.15, 0.2) is 36.6 Å². The van der Waals surface area contributed by atoms with E-state index in [9.17, 15) is 9.59 Å². The van der Waals surface area contributed by atoms with Gasteiger partial charge < -0.3 is 18.9 Å². The van der Waals surface area contributed by atoms with Crippen LogP contribution in [0.1, 0.15) is 40.0 Å². The molecule has 24 heavy (non-hydrogen) atoms. The first-order valence-electron chi connectivity index (χ1n) is 7.84. The van der Waals surface area contributed by atoms with E-state index in [-0.39, 0.29) is 12.1 Å². The summed E-state index contributed by atoms with van der Waals surface area (Å²) >= 11 is 0. The highest BCUT2D eigenvalue weighted by molar-refractivity contribution is 5.87. The average Bonchev–Trinajstić information content (AvgIpc) is 2.58. The Bertz CT molecular complexity index is 462. The van der Waals surface area contributed by atoms with Crippen molar-refractivity contribution in [3.8, 4) is 0 Å². The molecule has 0 aromatic rings. The largest absolute Gasteiger partial charge is 0.495 e. The Morgan fingerprint density at radius 3 is 2.29 bits per heavy atom. The summed E-state index contributed by atoms with van der Waals surface area (Å²) < 4.78 is 19.9. The second-order valence-corrected chi connectivity index (χ2v) is 5.35. The average molecular weight is 340 g/mol. The van der Waals surface area contributed by atoms with E-state index in [0.29, 0.717) is 24.2 Å². The molecular weight excluding hydrogens is 312 g/mol. The molecule has 0 aromatic carbocycles. The minimum absolute atomic E-state index is 0.00769. The van der Waals surface area contributed by atoms with Crippen LogP contribution in [-0.4, -0.2) is 38.0 Å². The summed E-state index contributed by atoms with van der Waals surface area (Å²) in [4.78, 5) is 21.9. The molecule has 0 bridgehead atoms. The van der Waals surface area contributed by atoms with Gasteiger partial charge >= 0.3 is 11.9 Å². The second-order valence-electron chi connectivity index (χ2n) is 5.35. The number of methoxy groups -OCH3 is 1. The minimum Gasteiger partial charge on any atom is -0.495 e. The van der Waals surface area contributed by atoms with Crippen molar-refractivity contribution in [2.45, 2.75) is 52.4 Å². The zero-order chi connectivity index (χ0) is 18.5. The number of ether oxygens (including phenoxy) is 4. The summed E-state index contributed by atoms with van der Waals surface area (Å²) in [6, 6.07) is 0. The molecular formula is C18H28O6. The van der Waals surface area contributed by atoms with Crippen LogP contribution in [0.2, 0.25) is 0 Å². The maximum absolute atomic E-state index is 11.0. The topological polar surface area (TPSA) is 71.1 Å². The molecule has 0 aromatic heterocycles. The molecule has 0 radical (unpaired) electrons. The van der Waals surface area contributed by atoms with Gasteiger partial charge in [-0.2, -0.15) is 0 Å². The second kappa shape index (κ2) is 12.4. The number of hydrogen-bond donors (Lipinski definition) is 0. The molecule has 0 spiro atoms. The SMILES string of the molecule is C=C(C)C(=O)OC(CC)OC.C=C(C)C(=O)OCC1CCC=CO1. The first-order valence-corrected chi connectivity index (χ1v) is 7.84. The number of allylic oxidation sites excluding steroid dienone is 1. The van der Waals surface area contributed by atoms with E-state index in [4.69, 9.17) is 18.9 Å². The van der Waals surface area contributed by atoms with Gasteiger partial charge in [0.2, 0.25) is 6.29 Å². The van der Waals surface area contributed by atoms with Crippen molar-refractivity contribution in [3.05, 3.63) is 36.6 Å². The molecule has 6 nitrogen and oxygen atoms in total. The maximum Gasteiger partial charge on any atom is 0.335 e. The number of esters is 2. The molecule has 0 saturated heterocycles. The van der Waals surface area contributed by atoms with Crippen LogP contribution in [0, 0.1) is 0 Å².